The Labute approximate surface area is 79.6 Å². The Bertz CT molecular complexity index is 504. The first-order valence-electron chi connectivity index (χ1n) is 4.11. The summed E-state index contributed by atoms with van der Waals surface area (Å²) in [5.74, 6) is 1.97. The summed E-state index contributed by atoms with van der Waals surface area (Å²) in [5, 5.41) is 2.14. The van der Waals surface area contributed by atoms with Gasteiger partial charge in [0.2, 0.25) is 0 Å². The Morgan fingerprint density at radius 1 is 1.46 bits per heavy atom. The number of aromatic nitrogens is 1. The third-order valence-electron chi connectivity index (χ3n) is 2.09. The minimum absolute atomic E-state index is 0.964. The fraction of sp³-hybridized carbons (Fsp3) is 0.100. The van der Waals surface area contributed by atoms with Gasteiger partial charge in [0.05, 0.1) is 16.5 Å². The maximum absolute atomic E-state index is 5.47. The van der Waals surface area contributed by atoms with Crippen molar-refractivity contribution in [3.63, 3.8) is 0 Å². The van der Waals surface area contributed by atoms with Gasteiger partial charge in [-0.3, -0.25) is 4.98 Å². The molecule has 1 aromatic rings. The molecule has 0 spiro atoms. The molecule has 0 aromatic carbocycles. The van der Waals surface area contributed by atoms with Gasteiger partial charge in [0.25, 0.3) is 0 Å². The Morgan fingerprint density at radius 3 is 3.46 bits per heavy atom. The summed E-state index contributed by atoms with van der Waals surface area (Å²) < 4.78 is 5.47. The van der Waals surface area contributed by atoms with Crippen LogP contribution in [0, 0.1) is 0 Å². The minimum Gasteiger partial charge on any atom is -0.463 e. The van der Waals surface area contributed by atoms with E-state index < -0.39 is 0 Å². The van der Waals surface area contributed by atoms with Gasteiger partial charge < -0.3 is 4.74 Å². The first kappa shape index (κ1) is 7.21. The van der Waals surface area contributed by atoms with Crippen LogP contribution in [-0.4, -0.2) is 10.7 Å². The molecule has 0 saturated carbocycles. The van der Waals surface area contributed by atoms with E-state index in [1.807, 2.05) is 18.3 Å². The second-order valence-electron chi connectivity index (χ2n) is 2.89. The smallest absolute Gasteiger partial charge is 0.151 e. The maximum atomic E-state index is 5.47. The summed E-state index contributed by atoms with van der Waals surface area (Å²) in [6.45, 7) is 0. The Kier molecular flexibility index (Phi) is 1.46. The Morgan fingerprint density at radius 2 is 2.46 bits per heavy atom. The van der Waals surface area contributed by atoms with Crippen molar-refractivity contribution in [1.29, 1.82) is 0 Å². The average Bonchev–Trinajstić information content (AvgIpc) is 2.65. The zero-order valence-corrected chi connectivity index (χ0v) is 7.67. The second-order valence-corrected chi connectivity index (χ2v) is 3.92. The summed E-state index contributed by atoms with van der Waals surface area (Å²) in [6, 6.07) is 0. The largest absolute Gasteiger partial charge is 0.463 e. The van der Waals surface area contributed by atoms with Crippen LogP contribution in [0.15, 0.2) is 23.4 Å². The lowest BCUT2D eigenvalue weighted by Gasteiger charge is -2.07. The normalized spacial score (nSPS) is 16.6. The van der Waals surface area contributed by atoms with Gasteiger partial charge in [-0.15, -0.1) is 11.8 Å². The van der Waals surface area contributed by atoms with Crippen molar-refractivity contribution >= 4 is 23.9 Å². The minimum atomic E-state index is 0.964. The second kappa shape index (κ2) is 2.64. The molecule has 2 aliphatic heterocycles. The lowest BCUT2D eigenvalue weighted by Crippen LogP contribution is -2.18. The van der Waals surface area contributed by atoms with Crippen LogP contribution in [0.2, 0.25) is 0 Å². The van der Waals surface area contributed by atoms with Crippen LogP contribution in [0.3, 0.4) is 0 Å². The van der Waals surface area contributed by atoms with Gasteiger partial charge in [0.1, 0.15) is 0 Å². The third-order valence-corrected chi connectivity index (χ3v) is 3.10. The molecular weight excluding hydrogens is 182 g/mol. The van der Waals surface area contributed by atoms with Crippen LogP contribution in [0.25, 0.3) is 12.2 Å². The molecular formula is C10H7NOS. The molecule has 0 atom stereocenters. The van der Waals surface area contributed by atoms with E-state index in [-0.39, 0.29) is 0 Å². The highest BCUT2D eigenvalue weighted by Crippen LogP contribution is 2.26. The highest BCUT2D eigenvalue weighted by atomic mass is 32.2. The lowest BCUT2D eigenvalue weighted by molar-refractivity contribution is 0.460. The van der Waals surface area contributed by atoms with Crippen LogP contribution >= 0.6 is 11.8 Å². The lowest BCUT2D eigenvalue weighted by atomic mass is 10.3. The van der Waals surface area contributed by atoms with Gasteiger partial charge in [-0.05, 0) is 18.2 Å². The number of nitrogens with zero attached hydrogens (tertiary/aromatic N) is 1. The standard InChI is InChI=1S/C10H7NOS/c1-2-7-6-11-8-3-5-13-10(8)9(7)12-4-1/h1-4,6H,5H2. The van der Waals surface area contributed by atoms with Crippen LogP contribution < -0.4 is 15.3 Å². The molecule has 1 aromatic heterocycles. The van der Waals surface area contributed by atoms with Crippen molar-refractivity contribution in [2.75, 3.05) is 5.75 Å². The van der Waals surface area contributed by atoms with Gasteiger partial charge in [-0.1, -0.05) is 0 Å². The predicted molar refractivity (Wildman–Crippen MR) is 52.9 cm³/mol. The Hall–Kier alpha value is -1.22. The maximum Gasteiger partial charge on any atom is 0.151 e. The zero-order valence-electron chi connectivity index (χ0n) is 6.86. The van der Waals surface area contributed by atoms with Crippen LogP contribution in [-0.2, 0) is 0 Å². The summed E-state index contributed by atoms with van der Waals surface area (Å²) in [6.07, 6.45) is 9.61. The SMILES string of the molecule is C1=COc2c3c(ncc2=C1)=CCS3. The number of fused-ring (bicyclic) bond motifs is 3. The molecule has 13 heavy (non-hydrogen) atoms. The first-order chi connectivity index (χ1) is 6.45. The fourth-order valence-corrected chi connectivity index (χ4v) is 2.47. The van der Waals surface area contributed by atoms with Gasteiger partial charge in [0.15, 0.2) is 5.75 Å². The van der Waals surface area contributed by atoms with E-state index in [0.29, 0.717) is 0 Å². The number of rotatable bonds is 0. The first-order valence-corrected chi connectivity index (χ1v) is 5.09. The van der Waals surface area contributed by atoms with Crippen molar-refractivity contribution in [1.82, 2.24) is 4.98 Å². The quantitative estimate of drug-likeness (QED) is 0.598. The van der Waals surface area contributed by atoms with E-state index in [0.717, 1.165) is 22.1 Å². The fourth-order valence-electron chi connectivity index (χ4n) is 1.48. The molecule has 0 radical (unpaired) electrons. The third kappa shape index (κ3) is 1.00. The van der Waals surface area contributed by atoms with E-state index in [1.54, 1.807) is 18.0 Å². The van der Waals surface area contributed by atoms with E-state index in [9.17, 15) is 0 Å². The molecule has 0 aliphatic carbocycles. The molecule has 0 bridgehead atoms. The van der Waals surface area contributed by atoms with E-state index in [1.165, 1.54) is 4.90 Å². The molecule has 0 N–H and O–H groups in total. The van der Waals surface area contributed by atoms with Crippen molar-refractivity contribution in [2.45, 2.75) is 4.90 Å². The molecule has 2 aliphatic rings. The van der Waals surface area contributed by atoms with E-state index >= 15 is 0 Å². The van der Waals surface area contributed by atoms with Crippen molar-refractivity contribution in [3.8, 4) is 5.75 Å². The average molecular weight is 189 g/mol. The van der Waals surface area contributed by atoms with E-state index in [4.69, 9.17) is 4.74 Å². The van der Waals surface area contributed by atoms with Crippen LogP contribution in [0.1, 0.15) is 0 Å². The molecule has 3 heteroatoms. The zero-order chi connectivity index (χ0) is 8.67. The summed E-state index contributed by atoms with van der Waals surface area (Å²) >= 11 is 1.79. The van der Waals surface area contributed by atoms with Gasteiger partial charge in [0, 0.05) is 17.2 Å². The molecule has 0 amide bonds. The van der Waals surface area contributed by atoms with Crippen molar-refractivity contribution < 1.29 is 4.74 Å². The highest BCUT2D eigenvalue weighted by Gasteiger charge is 2.13. The van der Waals surface area contributed by atoms with Crippen LogP contribution in [0.5, 0.6) is 5.75 Å². The van der Waals surface area contributed by atoms with Gasteiger partial charge in [-0.2, -0.15) is 0 Å². The monoisotopic (exact) mass is 189 g/mol. The summed E-state index contributed by atoms with van der Waals surface area (Å²) in [4.78, 5) is 5.53. The summed E-state index contributed by atoms with van der Waals surface area (Å²) in [5.41, 5.74) is 0. The number of hydrogen-bond donors (Lipinski definition) is 0. The van der Waals surface area contributed by atoms with Crippen molar-refractivity contribution in [3.05, 3.63) is 29.1 Å². The van der Waals surface area contributed by atoms with E-state index in [2.05, 4.69) is 11.1 Å². The van der Waals surface area contributed by atoms with Gasteiger partial charge >= 0.3 is 0 Å². The van der Waals surface area contributed by atoms with Gasteiger partial charge in [-0.25, -0.2) is 0 Å². The topological polar surface area (TPSA) is 22.1 Å². The number of thioether (sulfide) groups is 1. The summed E-state index contributed by atoms with van der Waals surface area (Å²) in [7, 11) is 0. The molecule has 3 rings (SSSR count). The number of allylic oxidation sites excluding steroid dienone is 1. The predicted octanol–water partition coefficient (Wildman–Crippen LogP) is 0.654. The molecule has 0 saturated heterocycles. The highest BCUT2D eigenvalue weighted by molar-refractivity contribution is 8.00. The number of pyridine rings is 1. The van der Waals surface area contributed by atoms with Crippen LogP contribution in [0.4, 0.5) is 0 Å². The Balaban J connectivity index is 2.41. The molecule has 2 nitrogen and oxygen atoms in total. The molecule has 0 fully saturated rings. The molecule has 3 heterocycles. The molecule has 64 valence electrons. The number of ether oxygens (including phenoxy) is 1. The van der Waals surface area contributed by atoms with Crippen molar-refractivity contribution in [2.24, 2.45) is 0 Å². The number of hydrogen-bond acceptors (Lipinski definition) is 3. The molecule has 0 unspecified atom stereocenters.